The molecule has 2 aromatic heterocycles. The zero-order chi connectivity index (χ0) is 22.9. The molecule has 1 unspecified atom stereocenters. The maximum absolute atomic E-state index is 14.0. The monoisotopic (exact) mass is 450 g/mol. The van der Waals surface area contributed by atoms with Crippen molar-refractivity contribution in [2.45, 2.75) is 38.1 Å². The van der Waals surface area contributed by atoms with Crippen molar-refractivity contribution in [3.8, 4) is 17.0 Å². The van der Waals surface area contributed by atoms with Crippen LogP contribution in [0.3, 0.4) is 0 Å². The van der Waals surface area contributed by atoms with Crippen LogP contribution in [0.4, 0.5) is 4.39 Å². The van der Waals surface area contributed by atoms with E-state index < -0.39 is 5.97 Å². The summed E-state index contributed by atoms with van der Waals surface area (Å²) >= 11 is 0. The summed E-state index contributed by atoms with van der Waals surface area (Å²) in [6, 6.07) is 6.75. The first-order valence-electron chi connectivity index (χ1n) is 11.4. The minimum Gasteiger partial charge on any atom is -0.496 e. The Morgan fingerprint density at radius 1 is 1.18 bits per heavy atom. The lowest BCUT2D eigenvalue weighted by molar-refractivity contribution is -0.143. The van der Waals surface area contributed by atoms with Crippen LogP contribution in [-0.4, -0.2) is 45.7 Å². The molecule has 172 valence electrons. The molecule has 8 heteroatoms. The number of H-pyrrole nitrogens is 1. The van der Waals surface area contributed by atoms with Crippen molar-refractivity contribution in [2.24, 2.45) is 11.8 Å². The predicted octanol–water partition coefficient (Wildman–Crippen LogP) is 4.41. The molecule has 0 bridgehead atoms. The van der Waals surface area contributed by atoms with Crippen molar-refractivity contribution in [1.82, 2.24) is 20.3 Å². The van der Waals surface area contributed by atoms with Gasteiger partial charge in [0.15, 0.2) is 0 Å². The molecule has 1 aromatic carbocycles. The van der Waals surface area contributed by atoms with E-state index in [4.69, 9.17) is 4.74 Å². The summed E-state index contributed by atoms with van der Waals surface area (Å²) in [6.45, 7) is 0.768. The van der Waals surface area contributed by atoms with Crippen LogP contribution in [0.5, 0.6) is 5.75 Å². The van der Waals surface area contributed by atoms with Gasteiger partial charge in [0, 0.05) is 29.2 Å². The van der Waals surface area contributed by atoms with Crippen molar-refractivity contribution >= 4 is 22.6 Å². The standard InChI is InChI=1S/C25H27FN4O3/c1-33-22-7-6-17(26)11-18(22)23-19-12-21(30-24(19)29-13-28-23)16-8-9-27-20(10-16)14-2-4-15(5-3-14)25(31)32/h6-8,11-15,20,27H,2-5,9-10H2,1H3,(H,31,32)(H,28,29,30). The first-order valence-corrected chi connectivity index (χ1v) is 11.4. The van der Waals surface area contributed by atoms with Gasteiger partial charge in [0.05, 0.1) is 18.7 Å². The number of aromatic amines is 1. The van der Waals surface area contributed by atoms with Gasteiger partial charge in [0.2, 0.25) is 0 Å². The number of nitrogens with zero attached hydrogens (tertiary/aromatic N) is 2. The summed E-state index contributed by atoms with van der Waals surface area (Å²) in [7, 11) is 1.56. The van der Waals surface area contributed by atoms with Crippen molar-refractivity contribution in [2.75, 3.05) is 13.7 Å². The van der Waals surface area contributed by atoms with Crippen LogP contribution < -0.4 is 10.1 Å². The average Bonchev–Trinajstić information content (AvgIpc) is 3.29. The van der Waals surface area contributed by atoms with Crippen molar-refractivity contribution in [3.63, 3.8) is 0 Å². The molecule has 1 saturated carbocycles. The number of fused-ring (bicyclic) bond motifs is 1. The lowest BCUT2D eigenvalue weighted by Gasteiger charge is -2.35. The molecule has 33 heavy (non-hydrogen) atoms. The minimum atomic E-state index is -0.671. The first kappa shape index (κ1) is 21.6. The molecule has 0 spiro atoms. The summed E-state index contributed by atoms with van der Waals surface area (Å²) < 4.78 is 19.4. The zero-order valence-electron chi connectivity index (χ0n) is 18.5. The smallest absolute Gasteiger partial charge is 0.306 e. The highest BCUT2D eigenvalue weighted by atomic mass is 19.1. The molecule has 1 aliphatic heterocycles. The van der Waals surface area contributed by atoms with Gasteiger partial charge in [-0.05, 0) is 67.9 Å². The van der Waals surface area contributed by atoms with Crippen LogP contribution in [0.15, 0.2) is 36.7 Å². The Kier molecular flexibility index (Phi) is 5.85. The number of nitrogens with one attached hydrogen (secondary N) is 2. The lowest BCUT2D eigenvalue weighted by atomic mass is 9.76. The van der Waals surface area contributed by atoms with Crippen molar-refractivity contribution < 1.29 is 19.0 Å². The van der Waals surface area contributed by atoms with Gasteiger partial charge in [0.1, 0.15) is 23.5 Å². The maximum atomic E-state index is 14.0. The number of rotatable bonds is 5. The second kappa shape index (κ2) is 8.94. The van der Waals surface area contributed by atoms with Crippen LogP contribution in [0.1, 0.15) is 37.8 Å². The van der Waals surface area contributed by atoms with E-state index in [1.807, 2.05) is 6.07 Å². The minimum absolute atomic E-state index is 0.203. The normalized spacial score (nSPS) is 23.3. The Bertz CT molecular complexity index is 1210. The lowest BCUT2D eigenvalue weighted by Crippen LogP contribution is -2.41. The Labute approximate surface area is 191 Å². The summed E-state index contributed by atoms with van der Waals surface area (Å²) in [4.78, 5) is 23.5. The van der Waals surface area contributed by atoms with Gasteiger partial charge in [-0.25, -0.2) is 14.4 Å². The molecule has 3 heterocycles. The summed E-state index contributed by atoms with van der Waals surface area (Å²) in [6.07, 6.45) is 7.88. The average molecular weight is 451 g/mol. The van der Waals surface area contributed by atoms with E-state index in [2.05, 4.69) is 26.3 Å². The van der Waals surface area contributed by atoms with Crippen LogP contribution in [0, 0.1) is 17.7 Å². The van der Waals surface area contributed by atoms with E-state index in [1.165, 1.54) is 24.0 Å². The number of carboxylic acid groups (broad SMARTS) is 1. The molecule has 1 aliphatic carbocycles. The molecule has 1 fully saturated rings. The highest BCUT2D eigenvalue weighted by molar-refractivity contribution is 5.94. The maximum Gasteiger partial charge on any atom is 0.306 e. The topological polar surface area (TPSA) is 100 Å². The third-order valence-electron chi connectivity index (χ3n) is 7.05. The molecule has 7 nitrogen and oxygen atoms in total. The number of halogens is 1. The van der Waals surface area contributed by atoms with Crippen molar-refractivity contribution in [1.29, 1.82) is 0 Å². The van der Waals surface area contributed by atoms with Gasteiger partial charge in [-0.2, -0.15) is 0 Å². The molecule has 2 aliphatic rings. The summed E-state index contributed by atoms with van der Waals surface area (Å²) in [5, 5.41) is 13.7. The molecular weight excluding hydrogens is 423 g/mol. The number of carbonyl (C=O) groups is 1. The molecule has 1 atom stereocenters. The Hall–Kier alpha value is -3.26. The second-order valence-corrected chi connectivity index (χ2v) is 8.91. The van der Waals surface area contributed by atoms with Gasteiger partial charge in [-0.1, -0.05) is 6.08 Å². The Morgan fingerprint density at radius 2 is 2.00 bits per heavy atom. The van der Waals surface area contributed by atoms with E-state index in [1.54, 1.807) is 13.2 Å². The van der Waals surface area contributed by atoms with Gasteiger partial charge >= 0.3 is 5.97 Å². The molecule has 3 N–H and O–H groups in total. The van der Waals surface area contributed by atoms with E-state index in [0.717, 1.165) is 49.7 Å². The van der Waals surface area contributed by atoms with E-state index in [0.29, 0.717) is 34.6 Å². The quantitative estimate of drug-likeness (QED) is 0.533. The van der Waals surface area contributed by atoms with Crippen LogP contribution in [0.25, 0.3) is 27.9 Å². The molecule has 3 aromatic rings. The van der Waals surface area contributed by atoms with Crippen LogP contribution >= 0.6 is 0 Å². The number of aromatic nitrogens is 3. The highest BCUT2D eigenvalue weighted by Crippen LogP contribution is 2.38. The summed E-state index contributed by atoms with van der Waals surface area (Å²) in [5.74, 6) is -0.200. The van der Waals surface area contributed by atoms with E-state index in [9.17, 15) is 14.3 Å². The fourth-order valence-electron chi connectivity index (χ4n) is 5.24. The number of methoxy groups -OCH3 is 1. The molecular formula is C25H27FN4O3. The van der Waals surface area contributed by atoms with E-state index in [-0.39, 0.29) is 11.7 Å². The summed E-state index contributed by atoms with van der Waals surface area (Å²) in [5.41, 5.74) is 4.08. The second-order valence-electron chi connectivity index (χ2n) is 8.91. The van der Waals surface area contributed by atoms with Crippen molar-refractivity contribution in [3.05, 3.63) is 48.2 Å². The van der Waals surface area contributed by atoms with E-state index >= 15 is 0 Å². The van der Waals surface area contributed by atoms with Crippen LogP contribution in [0.2, 0.25) is 0 Å². The number of benzene rings is 1. The number of ether oxygens (including phenoxy) is 1. The number of carboxylic acids is 1. The SMILES string of the molecule is COc1ccc(F)cc1-c1ncnc2[nH]c(C3=CCNC(C4CCC(C(=O)O)CC4)C3)cc12. The number of hydrogen-bond acceptors (Lipinski definition) is 5. The number of aliphatic carboxylic acids is 1. The van der Waals surface area contributed by atoms with Gasteiger partial charge < -0.3 is 20.1 Å². The Morgan fingerprint density at radius 3 is 2.76 bits per heavy atom. The fraction of sp³-hybridized carbons (Fsp3) is 0.400. The van der Waals surface area contributed by atoms with Crippen LogP contribution in [-0.2, 0) is 4.79 Å². The van der Waals surface area contributed by atoms with Gasteiger partial charge in [0.25, 0.3) is 0 Å². The molecule has 0 amide bonds. The molecule has 0 radical (unpaired) electrons. The third-order valence-corrected chi connectivity index (χ3v) is 7.05. The largest absolute Gasteiger partial charge is 0.496 e. The van der Waals surface area contributed by atoms with Gasteiger partial charge in [-0.3, -0.25) is 4.79 Å². The molecule has 5 rings (SSSR count). The molecule has 0 saturated heterocycles. The fourth-order valence-corrected chi connectivity index (χ4v) is 5.24. The first-order chi connectivity index (χ1) is 16.0. The highest BCUT2D eigenvalue weighted by Gasteiger charge is 2.32. The third kappa shape index (κ3) is 4.23. The van der Waals surface area contributed by atoms with Gasteiger partial charge in [-0.15, -0.1) is 0 Å². The number of hydrogen-bond donors (Lipinski definition) is 3. The predicted molar refractivity (Wildman–Crippen MR) is 123 cm³/mol. The zero-order valence-corrected chi connectivity index (χ0v) is 18.5. The Balaban J connectivity index is 1.41.